The molecule has 0 amide bonds. The number of alkyl halides is 3. The molecule has 5 nitrogen and oxygen atoms in total. The SMILES string of the molecule is CN(C)[C@H]1C[C@@]23CC[C@@]4(O2)C(=C(C(F)(F)F)C[C@]2(C)C(c5ccc6c(Cl)nccc6c5)=CCC24)C=C3[C@@H](O)[C@@H]1O. The zero-order chi connectivity index (χ0) is 28.4. The molecule has 2 aliphatic heterocycles. The Morgan fingerprint density at radius 1 is 1.15 bits per heavy atom. The van der Waals surface area contributed by atoms with Gasteiger partial charge in [-0.2, -0.15) is 13.2 Å². The zero-order valence-electron chi connectivity index (χ0n) is 22.6. The first kappa shape index (κ1) is 26.7. The zero-order valence-corrected chi connectivity index (χ0v) is 23.4. The molecular formula is C31H32ClF3N2O3. The van der Waals surface area contributed by atoms with Gasteiger partial charge < -0.3 is 19.8 Å². The topological polar surface area (TPSA) is 65.8 Å². The lowest BCUT2D eigenvalue weighted by atomic mass is 9.56. The Labute approximate surface area is 236 Å². The van der Waals surface area contributed by atoms with Gasteiger partial charge in [0.05, 0.1) is 17.3 Å². The number of rotatable bonds is 2. The van der Waals surface area contributed by atoms with Crippen molar-refractivity contribution in [1.82, 2.24) is 9.88 Å². The van der Waals surface area contributed by atoms with E-state index in [2.05, 4.69) is 11.1 Å². The maximum Gasteiger partial charge on any atom is 0.413 e. The molecule has 7 atom stereocenters. The van der Waals surface area contributed by atoms with Gasteiger partial charge in [-0.3, -0.25) is 0 Å². The summed E-state index contributed by atoms with van der Waals surface area (Å²) in [5.41, 5.74) is -1.12. The molecule has 2 fully saturated rings. The number of fused-ring (bicyclic) bond motifs is 2. The van der Waals surface area contributed by atoms with Crippen LogP contribution in [0.5, 0.6) is 0 Å². The number of hydrogen-bond acceptors (Lipinski definition) is 5. The number of halogens is 4. The summed E-state index contributed by atoms with van der Waals surface area (Å²) in [5.74, 6) is -0.202. The van der Waals surface area contributed by atoms with E-state index in [9.17, 15) is 23.4 Å². The van der Waals surface area contributed by atoms with Crippen LogP contribution in [0.25, 0.3) is 16.3 Å². The van der Waals surface area contributed by atoms with Crippen molar-refractivity contribution in [3.05, 3.63) is 70.1 Å². The molecule has 1 saturated carbocycles. The number of nitrogens with zero attached hydrogens (tertiary/aromatic N) is 2. The van der Waals surface area contributed by atoms with Crippen LogP contribution in [0.4, 0.5) is 13.2 Å². The molecule has 0 radical (unpaired) electrons. The Hall–Kier alpha value is -2.23. The van der Waals surface area contributed by atoms with Crippen molar-refractivity contribution >= 4 is 27.9 Å². The molecule has 40 heavy (non-hydrogen) atoms. The van der Waals surface area contributed by atoms with E-state index in [0.29, 0.717) is 36.4 Å². The number of pyridine rings is 1. The predicted octanol–water partition coefficient (Wildman–Crippen LogP) is 5.84. The highest BCUT2D eigenvalue weighted by atomic mass is 35.5. The number of aliphatic hydroxyl groups excluding tert-OH is 2. The minimum atomic E-state index is -4.57. The molecule has 212 valence electrons. The van der Waals surface area contributed by atoms with Crippen molar-refractivity contribution in [1.29, 1.82) is 0 Å². The van der Waals surface area contributed by atoms with E-state index in [1.807, 2.05) is 50.2 Å². The van der Waals surface area contributed by atoms with Crippen LogP contribution < -0.4 is 0 Å². The lowest BCUT2D eigenvalue weighted by Gasteiger charge is -2.57. The highest BCUT2D eigenvalue weighted by molar-refractivity contribution is 6.34. The maximum absolute atomic E-state index is 14.9. The Bertz CT molecular complexity index is 1530. The molecule has 9 heteroatoms. The van der Waals surface area contributed by atoms with E-state index >= 15 is 0 Å². The Morgan fingerprint density at radius 2 is 1.93 bits per heavy atom. The summed E-state index contributed by atoms with van der Waals surface area (Å²) < 4.78 is 51.7. The molecule has 2 N–H and O–H groups in total. The molecule has 1 aromatic carbocycles. The number of ether oxygens (including phenoxy) is 1. The predicted molar refractivity (Wildman–Crippen MR) is 147 cm³/mol. The number of benzene rings is 1. The third kappa shape index (κ3) is 3.40. The second-order valence-corrected chi connectivity index (χ2v) is 13.0. The summed E-state index contributed by atoms with van der Waals surface area (Å²) in [6.45, 7) is 1.95. The van der Waals surface area contributed by atoms with E-state index in [1.165, 1.54) is 0 Å². The van der Waals surface area contributed by atoms with Gasteiger partial charge in [-0.05, 0) is 86.0 Å². The second-order valence-electron chi connectivity index (χ2n) is 12.7. The summed E-state index contributed by atoms with van der Waals surface area (Å²) in [4.78, 5) is 6.00. The minimum Gasteiger partial charge on any atom is -0.388 e. The fourth-order valence-corrected chi connectivity index (χ4v) is 8.91. The Balaban J connectivity index is 1.39. The monoisotopic (exact) mass is 572 g/mol. The van der Waals surface area contributed by atoms with Gasteiger partial charge in [-0.1, -0.05) is 42.8 Å². The van der Waals surface area contributed by atoms with Crippen LogP contribution in [0.1, 0.15) is 44.6 Å². The Kier molecular flexibility index (Phi) is 5.61. The van der Waals surface area contributed by atoms with Gasteiger partial charge in [0.2, 0.25) is 0 Å². The summed E-state index contributed by atoms with van der Waals surface area (Å²) in [6, 6.07) is 7.29. The Morgan fingerprint density at radius 3 is 2.65 bits per heavy atom. The molecule has 1 saturated heterocycles. The van der Waals surface area contributed by atoms with Gasteiger partial charge in [0, 0.05) is 34.5 Å². The average Bonchev–Trinajstić information content (AvgIpc) is 3.40. The fraction of sp³-hybridized carbons (Fsp3) is 0.516. The lowest BCUT2D eigenvalue weighted by Crippen LogP contribution is -2.62. The van der Waals surface area contributed by atoms with Crippen LogP contribution in [0.15, 0.2) is 59.3 Å². The third-order valence-electron chi connectivity index (χ3n) is 10.5. The van der Waals surface area contributed by atoms with E-state index in [0.717, 1.165) is 21.9 Å². The van der Waals surface area contributed by atoms with Gasteiger partial charge in [0.1, 0.15) is 11.3 Å². The van der Waals surface area contributed by atoms with Gasteiger partial charge in [0.25, 0.3) is 0 Å². The number of aliphatic hydroxyl groups is 2. The third-order valence-corrected chi connectivity index (χ3v) is 10.8. The molecular weight excluding hydrogens is 541 g/mol. The molecule has 3 heterocycles. The number of likely N-dealkylation sites (N-methyl/N-ethyl adjacent to an activating group) is 1. The first-order valence-corrected chi connectivity index (χ1v) is 14.2. The smallest absolute Gasteiger partial charge is 0.388 e. The van der Waals surface area contributed by atoms with Gasteiger partial charge >= 0.3 is 6.18 Å². The normalized spacial score (nSPS) is 38.8. The molecule has 1 unspecified atom stereocenters. The summed E-state index contributed by atoms with van der Waals surface area (Å²) >= 11 is 6.28. The molecule has 2 aromatic rings. The quantitative estimate of drug-likeness (QED) is 0.442. The van der Waals surface area contributed by atoms with Gasteiger partial charge in [-0.15, -0.1) is 0 Å². The molecule has 3 aliphatic carbocycles. The first-order valence-electron chi connectivity index (χ1n) is 13.8. The van der Waals surface area contributed by atoms with Crippen LogP contribution in [-0.4, -0.2) is 69.8 Å². The van der Waals surface area contributed by atoms with Crippen molar-refractivity contribution in [2.75, 3.05) is 14.1 Å². The fourth-order valence-electron chi connectivity index (χ4n) is 8.69. The van der Waals surface area contributed by atoms with Gasteiger partial charge in [0.15, 0.2) is 0 Å². The standard InChI is InChI=1S/C31H32ClF3N2O3/c1-28-14-22(31(33,34)35)20-13-21-25(38)26(39)23(37(2)3)15-29(21)9-10-30(20,40-29)24(28)7-6-19(28)17-4-5-18-16(12-17)8-11-36-27(18)32/h4-6,8,11-13,23-26,38-39H,7,9-10,14-15H2,1-3H3/t23-,24?,25+,26+,28+,29+,30+/m0/s1. The molecule has 7 rings (SSSR count). The highest BCUT2D eigenvalue weighted by Gasteiger charge is 2.69. The van der Waals surface area contributed by atoms with Crippen molar-refractivity contribution < 1.29 is 28.1 Å². The average molecular weight is 573 g/mol. The van der Waals surface area contributed by atoms with Crippen molar-refractivity contribution in [3.8, 4) is 0 Å². The van der Waals surface area contributed by atoms with Crippen molar-refractivity contribution in [2.24, 2.45) is 11.3 Å². The summed E-state index contributed by atoms with van der Waals surface area (Å²) in [6.07, 6.45) is 0.0899. The van der Waals surface area contributed by atoms with Crippen LogP contribution in [0.3, 0.4) is 0 Å². The molecule has 2 bridgehead atoms. The van der Waals surface area contributed by atoms with E-state index in [1.54, 1.807) is 12.3 Å². The van der Waals surface area contributed by atoms with E-state index in [-0.39, 0.29) is 24.0 Å². The van der Waals surface area contributed by atoms with Gasteiger partial charge in [-0.25, -0.2) is 4.98 Å². The molecule has 2 spiro atoms. The second kappa shape index (κ2) is 8.42. The highest BCUT2D eigenvalue weighted by Crippen LogP contribution is 2.70. The van der Waals surface area contributed by atoms with Crippen LogP contribution >= 0.6 is 11.6 Å². The minimum absolute atomic E-state index is 0.145. The number of allylic oxidation sites excluding steroid dienone is 3. The van der Waals surface area contributed by atoms with Crippen LogP contribution in [0, 0.1) is 11.3 Å². The van der Waals surface area contributed by atoms with Crippen LogP contribution in [0.2, 0.25) is 5.15 Å². The van der Waals surface area contributed by atoms with Crippen molar-refractivity contribution in [3.63, 3.8) is 0 Å². The first-order chi connectivity index (χ1) is 18.8. The van der Waals surface area contributed by atoms with Crippen molar-refractivity contribution in [2.45, 2.75) is 74.7 Å². The summed E-state index contributed by atoms with van der Waals surface area (Å²) in [7, 11) is 3.68. The lowest BCUT2D eigenvalue weighted by molar-refractivity contribution is -0.170. The van der Waals surface area contributed by atoms with Crippen LogP contribution in [-0.2, 0) is 4.74 Å². The summed E-state index contributed by atoms with van der Waals surface area (Å²) in [5, 5.41) is 24.1. The molecule has 1 aromatic heterocycles. The maximum atomic E-state index is 14.9. The van der Waals surface area contributed by atoms with E-state index < -0.39 is 40.6 Å². The number of hydrogen-bond donors (Lipinski definition) is 2. The van der Waals surface area contributed by atoms with E-state index in [4.69, 9.17) is 16.3 Å². The molecule has 5 aliphatic rings. The number of aromatic nitrogens is 1. The largest absolute Gasteiger partial charge is 0.413 e.